The quantitative estimate of drug-likeness (QED) is 0.619. The molecule has 1 aromatic rings. The van der Waals surface area contributed by atoms with Gasteiger partial charge in [0.1, 0.15) is 0 Å². The Labute approximate surface area is 127 Å². The lowest BCUT2D eigenvalue weighted by Gasteiger charge is -2.16. The zero-order chi connectivity index (χ0) is 15.1. The highest BCUT2D eigenvalue weighted by Crippen LogP contribution is 2.32. The van der Waals surface area contributed by atoms with E-state index in [0.717, 1.165) is 36.6 Å². The van der Waals surface area contributed by atoms with Crippen LogP contribution in [-0.4, -0.2) is 33.0 Å². The molecule has 1 heterocycles. The van der Waals surface area contributed by atoms with Crippen molar-refractivity contribution in [1.82, 2.24) is 5.32 Å². The van der Waals surface area contributed by atoms with E-state index in [1.165, 1.54) is 5.56 Å². The molecule has 0 amide bonds. The molecule has 4 nitrogen and oxygen atoms in total. The third-order valence-electron chi connectivity index (χ3n) is 3.32. The summed E-state index contributed by atoms with van der Waals surface area (Å²) in [5.74, 6) is 1.69. The Balaban J connectivity index is 1.83. The third-order valence-corrected chi connectivity index (χ3v) is 3.32. The molecule has 1 N–H and O–H groups in total. The maximum Gasteiger partial charge on any atom is 0.161 e. The van der Waals surface area contributed by atoms with E-state index < -0.39 is 0 Å². The Kier molecular flexibility index (Phi) is 6.08. The summed E-state index contributed by atoms with van der Waals surface area (Å²) in [5, 5.41) is 3.44. The first kappa shape index (κ1) is 15.9. The average Bonchev–Trinajstić information content (AvgIpc) is 2.70. The zero-order valence-electron chi connectivity index (χ0n) is 13.0. The molecule has 4 heteroatoms. The van der Waals surface area contributed by atoms with Gasteiger partial charge < -0.3 is 19.5 Å². The SMILES string of the molecule is C=C(C)COCCNC(C)c1ccc2c(c1)OCCCO2. The molecule has 0 aromatic heterocycles. The predicted molar refractivity (Wildman–Crippen MR) is 84.1 cm³/mol. The molecule has 0 radical (unpaired) electrons. The van der Waals surface area contributed by atoms with Crippen LogP contribution in [0.15, 0.2) is 30.4 Å². The van der Waals surface area contributed by atoms with Crippen LogP contribution in [-0.2, 0) is 4.74 Å². The first-order valence-electron chi connectivity index (χ1n) is 7.52. The number of fused-ring (bicyclic) bond motifs is 1. The van der Waals surface area contributed by atoms with Crippen LogP contribution in [0.1, 0.15) is 31.9 Å². The van der Waals surface area contributed by atoms with Gasteiger partial charge in [-0.15, -0.1) is 0 Å². The highest BCUT2D eigenvalue weighted by Gasteiger charge is 2.13. The van der Waals surface area contributed by atoms with Crippen molar-refractivity contribution in [1.29, 1.82) is 0 Å². The van der Waals surface area contributed by atoms with Crippen LogP contribution in [0.2, 0.25) is 0 Å². The fourth-order valence-corrected chi connectivity index (χ4v) is 2.16. The number of rotatable bonds is 7. The van der Waals surface area contributed by atoms with Gasteiger partial charge in [-0.05, 0) is 31.5 Å². The maximum atomic E-state index is 5.72. The molecule has 1 aliphatic heterocycles. The second kappa shape index (κ2) is 8.05. The fourth-order valence-electron chi connectivity index (χ4n) is 2.16. The smallest absolute Gasteiger partial charge is 0.161 e. The first-order chi connectivity index (χ1) is 10.2. The standard InChI is InChI=1S/C17H25NO3/c1-13(2)12-19-10-7-18-14(3)15-5-6-16-17(11-15)21-9-4-8-20-16/h5-6,11,14,18H,1,4,7-10,12H2,2-3H3. The van der Waals surface area contributed by atoms with E-state index in [1.807, 2.05) is 13.0 Å². The lowest BCUT2D eigenvalue weighted by molar-refractivity contribution is 0.156. The van der Waals surface area contributed by atoms with Crippen molar-refractivity contribution in [3.63, 3.8) is 0 Å². The van der Waals surface area contributed by atoms with Gasteiger partial charge in [0.05, 0.1) is 26.4 Å². The van der Waals surface area contributed by atoms with Gasteiger partial charge in [0.15, 0.2) is 11.5 Å². The minimum Gasteiger partial charge on any atom is -0.490 e. The van der Waals surface area contributed by atoms with Crippen molar-refractivity contribution in [2.75, 3.05) is 33.0 Å². The third kappa shape index (κ3) is 5.06. The maximum absolute atomic E-state index is 5.72. The molecule has 1 atom stereocenters. The van der Waals surface area contributed by atoms with Gasteiger partial charge in [0, 0.05) is 19.0 Å². The van der Waals surface area contributed by atoms with E-state index in [0.29, 0.717) is 19.8 Å². The number of benzene rings is 1. The van der Waals surface area contributed by atoms with Crippen LogP contribution >= 0.6 is 0 Å². The van der Waals surface area contributed by atoms with Gasteiger partial charge in [-0.3, -0.25) is 0 Å². The summed E-state index contributed by atoms with van der Waals surface area (Å²) in [6, 6.07) is 6.38. The molecule has 0 fully saturated rings. The highest BCUT2D eigenvalue weighted by atomic mass is 16.5. The van der Waals surface area contributed by atoms with E-state index in [1.54, 1.807) is 0 Å². The molecular weight excluding hydrogens is 266 g/mol. The van der Waals surface area contributed by atoms with E-state index in [9.17, 15) is 0 Å². The average molecular weight is 291 g/mol. The molecule has 0 spiro atoms. The van der Waals surface area contributed by atoms with Crippen molar-refractivity contribution in [2.45, 2.75) is 26.3 Å². The predicted octanol–water partition coefficient (Wildman–Crippen LogP) is 3.09. The van der Waals surface area contributed by atoms with Crippen molar-refractivity contribution >= 4 is 0 Å². The number of hydrogen-bond acceptors (Lipinski definition) is 4. The Morgan fingerprint density at radius 3 is 2.86 bits per heavy atom. The van der Waals surface area contributed by atoms with Gasteiger partial charge in [-0.1, -0.05) is 18.2 Å². The summed E-state index contributed by atoms with van der Waals surface area (Å²) >= 11 is 0. The molecule has 1 aromatic carbocycles. The molecule has 116 valence electrons. The summed E-state index contributed by atoms with van der Waals surface area (Å²) in [7, 11) is 0. The molecule has 0 aliphatic carbocycles. The minimum atomic E-state index is 0.246. The Morgan fingerprint density at radius 2 is 2.10 bits per heavy atom. The largest absolute Gasteiger partial charge is 0.490 e. The van der Waals surface area contributed by atoms with Crippen LogP contribution in [0.4, 0.5) is 0 Å². The summed E-state index contributed by atoms with van der Waals surface area (Å²) < 4.78 is 16.8. The Bertz CT molecular complexity index is 473. The van der Waals surface area contributed by atoms with Gasteiger partial charge in [0.25, 0.3) is 0 Å². The molecule has 2 rings (SSSR count). The highest BCUT2D eigenvalue weighted by molar-refractivity contribution is 5.44. The van der Waals surface area contributed by atoms with E-state index in [-0.39, 0.29) is 6.04 Å². The summed E-state index contributed by atoms with van der Waals surface area (Å²) in [6.07, 6.45) is 0.928. The number of ether oxygens (including phenoxy) is 3. The van der Waals surface area contributed by atoms with Crippen LogP contribution in [0.25, 0.3) is 0 Å². The molecule has 0 bridgehead atoms. The van der Waals surface area contributed by atoms with Crippen molar-refractivity contribution in [3.05, 3.63) is 35.9 Å². The van der Waals surface area contributed by atoms with Crippen molar-refractivity contribution in [3.8, 4) is 11.5 Å². The molecule has 21 heavy (non-hydrogen) atoms. The summed E-state index contributed by atoms with van der Waals surface area (Å²) in [4.78, 5) is 0. The number of hydrogen-bond donors (Lipinski definition) is 1. The van der Waals surface area contributed by atoms with E-state index in [2.05, 4.69) is 31.0 Å². The second-order valence-corrected chi connectivity index (χ2v) is 5.44. The molecular formula is C17H25NO3. The minimum absolute atomic E-state index is 0.246. The lowest BCUT2D eigenvalue weighted by Crippen LogP contribution is -2.23. The summed E-state index contributed by atoms with van der Waals surface area (Å²) in [6.45, 7) is 11.5. The lowest BCUT2D eigenvalue weighted by atomic mass is 10.1. The zero-order valence-corrected chi connectivity index (χ0v) is 13.0. The van der Waals surface area contributed by atoms with E-state index >= 15 is 0 Å². The van der Waals surface area contributed by atoms with Gasteiger partial charge in [0.2, 0.25) is 0 Å². The van der Waals surface area contributed by atoms with Crippen molar-refractivity contribution in [2.24, 2.45) is 0 Å². The van der Waals surface area contributed by atoms with Gasteiger partial charge in [-0.2, -0.15) is 0 Å². The normalized spacial score (nSPS) is 15.3. The van der Waals surface area contributed by atoms with Crippen LogP contribution < -0.4 is 14.8 Å². The van der Waals surface area contributed by atoms with Crippen LogP contribution in [0, 0.1) is 0 Å². The molecule has 0 saturated heterocycles. The van der Waals surface area contributed by atoms with Gasteiger partial charge >= 0.3 is 0 Å². The van der Waals surface area contributed by atoms with E-state index in [4.69, 9.17) is 14.2 Å². The molecule has 1 unspecified atom stereocenters. The number of nitrogens with one attached hydrogen (secondary N) is 1. The fraction of sp³-hybridized carbons (Fsp3) is 0.529. The molecule has 1 aliphatic rings. The summed E-state index contributed by atoms with van der Waals surface area (Å²) in [5.41, 5.74) is 2.24. The Hall–Kier alpha value is -1.52. The monoisotopic (exact) mass is 291 g/mol. The van der Waals surface area contributed by atoms with Gasteiger partial charge in [-0.25, -0.2) is 0 Å². The van der Waals surface area contributed by atoms with Crippen LogP contribution in [0.3, 0.4) is 0 Å². The first-order valence-corrected chi connectivity index (χ1v) is 7.52. The Morgan fingerprint density at radius 1 is 1.33 bits per heavy atom. The van der Waals surface area contributed by atoms with Crippen LogP contribution in [0.5, 0.6) is 11.5 Å². The second-order valence-electron chi connectivity index (χ2n) is 5.44. The van der Waals surface area contributed by atoms with Crippen molar-refractivity contribution < 1.29 is 14.2 Å². The molecule has 0 saturated carbocycles. The topological polar surface area (TPSA) is 39.7 Å².